The smallest absolute Gasteiger partial charge is 0.209 e. The van der Waals surface area contributed by atoms with Crippen molar-refractivity contribution in [2.24, 2.45) is 0 Å². The second-order valence-corrected chi connectivity index (χ2v) is 9.62. The van der Waals surface area contributed by atoms with Gasteiger partial charge in [-0.05, 0) is 62.3 Å². The third kappa shape index (κ3) is 7.41. The van der Waals surface area contributed by atoms with Gasteiger partial charge in [-0.2, -0.15) is 0 Å². The van der Waals surface area contributed by atoms with E-state index in [1.54, 1.807) is 6.08 Å². The molecule has 1 aromatic carbocycles. The number of sulfonamides is 1. The van der Waals surface area contributed by atoms with Crippen molar-refractivity contribution in [3.63, 3.8) is 0 Å². The van der Waals surface area contributed by atoms with Crippen LogP contribution in [-0.4, -0.2) is 52.6 Å². The SMILES string of the molecule is C.C=CCOc1cccc(C2CCC(OC[C@@H]3NCCCC3NS(C)(=O)=O)C2)c1. The van der Waals surface area contributed by atoms with Crippen molar-refractivity contribution in [1.29, 1.82) is 0 Å². The minimum atomic E-state index is -3.21. The Labute approximate surface area is 176 Å². The monoisotopic (exact) mass is 424 g/mol. The van der Waals surface area contributed by atoms with Crippen molar-refractivity contribution in [1.82, 2.24) is 10.0 Å². The Morgan fingerprint density at radius 2 is 2.14 bits per heavy atom. The summed E-state index contributed by atoms with van der Waals surface area (Å²) in [4.78, 5) is 0. The molecule has 2 aliphatic rings. The highest BCUT2D eigenvalue weighted by atomic mass is 32.2. The first-order valence-corrected chi connectivity index (χ1v) is 12.0. The van der Waals surface area contributed by atoms with Crippen LogP contribution in [-0.2, 0) is 14.8 Å². The summed E-state index contributed by atoms with van der Waals surface area (Å²) in [7, 11) is -3.21. The fourth-order valence-electron chi connectivity index (χ4n) is 4.19. The van der Waals surface area contributed by atoms with Gasteiger partial charge in [0.1, 0.15) is 12.4 Å². The van der Waals surface area contributed by atoms with Gasteiger partial charge in [0, 0.05) is 12.1 Å². The van der Waals surface area contributed by atoms with Gasteiger partial charge in [-0.1, -0.05) is 32.2 Å². The second-order valence-electron chi connectivity index (χ2n) is 7.84. The average molecular weight is 425 g/mol. The molecule has 2 fully saturated rings. The van der Waals surface area contributed by atoms with Crippen LogP contribution in [0.1, 0.15) is 51.0 Å². The number of benzene rings is 1. The van der Waals surface area contributed by atoms with Gasteiger partial charge >= 0.3 is 0 Å². The maximum Gasteiger partial charge on any atom is 0.209 e. The molecule has 0 aromatic heterocycles. The van der Waals surface area contributed by atoms with Crippen LogP contribution in [0.15, 0.2) is 36.9 Å². The molecule has 7 heteroatoms. The van der Waals surface area contributed by atoms with Crippen LogP contribution in [0.4, 0.5) is 0 Å². The fourth-order valence-corrected chi connectivity index (χ4v) is 5.02. The summed E-state index contributed by atoms with van der Waals surface area (Å²) >= 11 is 0. The van der Waals surface area contributed by atoms with E-state index in [4.69, 9.17) is 9.47 Å². The molecule has 0 bridgehead atoms. The van der Waals surface area contributed by atoms with E-state index in [1.807, 2.05) is 12.1 Å². The summed E-state index contributed by atoms with van der Waals surface area (Å²) in [6, 6.07) is 8.21. The first kappa shape index (κ1) is 23.9. The highest BCUT2D eigenvalue weighted by Crippen LogP contribution is 2.37. The molecule has 1 aliphatic carbocycles. The predicted molar refractivity (Wildman–Crippen MR) is 118 cm³/mol. The number of ether oxygens (including phenoxy) is 2. The second kappa shape index (κ2) is 11.1. The quantitative estimate of drug-likeness (QED) is 0.595. The summed E-state index contributed by atoms with van der Waals surface area (Å²) in [5.74, 6) is 1.35. The predicted octanol–water partition coefficient (Wildman–Crippen LogP) is 3.21. The zero-order valence-corrected chi connectivity index (χ0v) is 17.4. The Balaban J connectivity index is 0.00000300. The lowest BCUT2D eigenvalue weighted by molar-refractivity contribution is 0.0321. The van der Waals surface area contributed by atoms with Crippen molar-refractivity contribution in [2.45, 2.75) is 63.6 Å². The van der Waals surface area contributed by atoms with E-state index in [1.165, 1.54) is 11.8 Å². The zero-order chi connectivity index (χ0) is 20.0. The van der Waals surface area contributed by atoms with Gasteiger partial charge in [-0.3, -0.25) is 0 Å². The molecule has 0 radical (unpaired) electrons. The lowest BCUT2D eigenvalue weighted by atomic mass is 9.97. The minimum Gasteiger partial charge on any atom is -0.490 e. The third-order valence-corrected chi connectivity index (χ3v) is 6.27. The highest BCUT2D eigenvalue weighted by Gasteiger charge is 2.31. The van der Waals surface area contributed by atoms with Crippen molar-refractivity contribution < 1.29 is 17.9 Å². The lowest BCUT2D eigenvalue weighted by Gasteiger charge is -2.33. The molecule has 3 unspecified atom stereocenters. The Morgan fingerprint density at radius 3 is 2.90 bits per heavy atom. The van der Waals surface area contributed by atoms with Crippen LogP contribution in [0, 0.1) is 0 Å². The zero-order valence-electron chi connectivity index (χ0n) is 16.6. The van der Waals surface area contributed by atoms with Crippen LogP contribution >= 0.6 is 0 Å². The Bertz CT molecular complexity index is 753. The van der Waals surface area contributed by atoms with Crippen LogP contribution < -0.4 is 14.8 Å². The summed E-state index contributed by atoms with van der Waals surface area (Å²) in [5, 5.41) is 3.41. The van der Waals surface area contributed by atoms with E-state index in [9.17, 15) is 8.42 Å². The molecule has 1 aromatic rings. The summed E-state index contributed by atoms with van der Waals surface area (Å²) in [6.45, 7) is 5.63. The molecular weight excluding hydrogens is 388 g/mol. The van der Waals surface area contributed by atoms with Crippen LogP contribution in [0.25, 0.3) is 0 Å². The Hall–Kier alpha value is -1.41. The maximum atomic E-state index is 11.6. The van der Waals surface area contributed by atoms with Crippen molar-refractivity contribution >= 4 is 10.0 Å². The number of hydrogen-bond donors (Lipinski definition) is 2. The molecule has 6 nitrogen and oxygen atoms in total. The topological polar surface area (TPSA) is 76.7 Å². The largest absolute Gasteiger partial charge is 0.490 e. The molecule has 164 valence electrons. The molecule has 2 N–H and O–H groups in total. The molecule has 1 saturated carbocycles. The lowest BCUT2D eigenvalue weighted by Crippen LogP contribution is -2.55. The van der Waals surface area contributed by atoms with E-state index in [0.29, 0.717) is 19.1 Å². The molecule has 4 atom stereocenters. The molecule has 1 saturated heterocycles. The van der Waals surface area contributed by atoms with Crippen LogP contribution in [0.3, 0.4) is 0 Å². The summed E-state index contributed by atoms with van der Waals surface area (Å²) in [5.41, 5.74) is 1.29. The molecule has 0 amide bonds. The standard InChI is InChI=1S/C21H32N2O4S.CH4/c1-3-12-26-18-7-4-6-16(13-18)17-9-10-19(14-17)27-15-21-20(8-5-11-22-21)23-28(2,24)25;/h3-4,6-7,13,17,19-23H,1,5,8-12,14-15H2,2H3;1H4/t17?,19?,20?,21-;/m0./s1. The van der Waals surface area contributed by atoms with Gasteiger partial charge < -0.3 is 14.8 Å². The Kier molecular flexibility index (Phi) is 9.14. The molecular formula is C22H36N2O4S. The first-order valence-electron chi connectivity index (χ1n) is 10.1. The maximum absolute atomic E-state index is 11.6. The van der Waals surface area contributed by atoms with Crippen molar-refractivity contribution in [3.05, 3.63) is 42.5 Å². The Morgan fingerprint density at radius 1 is 1.31 bits per heavy atom. The average Bonchev–Trinajstić information content (AvgIpc) is 3.14. The van der Waals surface area contributed by atoms with Crippen molar-refractivity contribution in [3.8, 4) is 5.75 Å². The van der Waals surface area contributed by atoms with Crippen LogP contribution in [0.5, 0.6) is 5.75 Å². The fraction of sp³-hybridized carbons (Fsp3) is 0.636. The molecule has 1 aliphatic heterocycles. The number of hydrogen-bond acceptors (Lipinski definition) is 5. The molecule has 3 rings (SSSR count). The van der Waals surface area contributed by atoms with E-state index in [2.05, 4.69) is 28.8 Å². The molecule has 1 heterocycles. The summed E-state index contributed by atoms with van der Waals surface area (Å²) in [6.07, 6.45) is 8.11. The number of piperidine rings is 1. The van der Waals surface area contributed by atoms with Gasteiger partial charge in [0.25, 0.3) is 0 Å². The molecule has 0 spiro atoms. The van der Waals surface area contributed by atoms with E-state index >= 15 is 0 Å². The van der Waals surface area contributed by atoms with Gasteiger partial charge in [0.2, 0.25) is 10.0 Å². The third-order valence-electron chi connectivity index (χ3n) is 5.54. The van der Waals surface area contributed by atoms with Crippen LogP contribution in [0.2, 0.25) is 0 Å². The molecule has 29 heavy (non-hydrogen) atoms. The van der Waals surface area contributed by atoms with Gasteiger partial charge in [-0.15, -0.1) is 0 Å². The number of nitrogens with one attached hydrogen (secondary N) is 2. The number of rotatable bonds is 9. The van der Waals surface area contributed by atoms with E-state index in [0.717, 1.165) is 44.4 Å². The van der Waals surface area contributed by atoms with Gasteiger partial charge in [0.15, 0.2) is 0 Å². The van der Waals surface area contributed by atoms with Gasteiger partial charge in [-0.25, -0.2) is 13.1 Å². The summed E-state index contributed by atoms with van der Waals surface area (Å²) < 4.78 is 37.8. The van der Waals surface area contributed by atoms with Gasteiger partial charge in [0.05, 0.1) is 19.0 Å². The first-order chi connectivity index (χ1) is 13.4. The highest BCUT2D eigenvalue weighted by molar-refractivity contribution is 7.88. The van der Waals surface area contributed by atoms with E-state index in [-0.39, 0.29) is 25.6 Å². The van der Waals surface area contributed by atoms with E-state index < -0.39 is 10.0 Å². The minimum absolute atomic E-state index is 0. The van der Waals surface area contributed by atoms with Crippen molar-refractivity contribution in [2.75, 3.05) is 26.0 Å². The normalized spacial score (nSPS) is 27.2.